The molecule has 0 bridgehead atoms. The van der Waals surface area contributed by atoms with E-state index in [0.29, 0.717) is 6.04 Å². The van der Waals surface area contributed by atoms with Crippen molar-refractivity contribution in [2.24, 2.45) is 0 Å². The van der Waals surface area contributed by atoms with Crippen molar-refractivity contribution < 1.29 is 0 Å². The van der Waals surface area contributed by atoms with Crippen LogP contribution in [0.1, 0.15) is 26.2 Å². The Balaban J connectivity index is 1.87. The van der Waals surface area contributed by atoms with Crippen molar-refractivity contribution in [1.82, 2.24) is 4.90 Å². The number of hydrogen-bond donors (Lipinski definition) is 1. The summed E-state index contributed by atoms with van der Waals surface area (Å²) in [5.74, 6) is 0. The second kappa shape index (κ2) is 6.96. The Labute approximate surface area is 128 Å². The number of rotatable bonds is 4. The zero-order valence-electron chi connectivity index (χ0n) is 10.8. The van der Waals surface area contributed by atoms with E-state index in [9.17, 15) is 0 Å². The highest BCUT2D eigenvalue weighted by Gasteiger charge is 2.18. The van der Waals surface area contributed by atoms with Crippen molar-refractivity contribution in [3.63, 3.8) is 0 Å². The third-order valence-electron chi connectivity index (χ3n) is 3.42. The van der Waals surface area contributed by atoms with Crippen LogP contribution in [0.2, 0.25) is 5.02 Å². The van der Waals surface area contributed by atoms with Gasteiger partial charge in [0.25, 0.3) is 0 Å². The van der Waals surface area contributed by atoms with Crippen LogP contribution in [0, 0.1) is 3.57 Å². The Bertz CT molecular complexity index is 389. The summed E-state index contributed by atoms with van der Waals surface area (Å²) in [5, 5.41) is 4.45. The minimum absolute atomic E-state index is 0.604. The van der Waals surface area contributed by atoms with Crippen LogP contribution in [0.5, 0.6) is 0 Å². The first-order chi connectivity index (χ1) is 8.69. The molecule has 2 rings (SSSR count). The molecule has 18 heavy (non-hydrogen) atoms. The third-order valence-corrected chi connectivity index (χ3v) is 4.55. The van der Waals surface area contributed by atoms with Crippen molar-refractivity contribution in [3.05, 3.63) is 26.8 Å². The maximum Gasteiger partial charge on any atom is 0.0479 e. The quantitative estimate of drug-likeness (QED) is 0.789. The highest BCUT2D eigenvalue weighted by atomic mass is 127. The Morgan fingerprint density at radius 1 is 1.39 bits per heavy atom. The number of likely N-dealkylation sites (tertiary alicyclic amines) is 1. The van der Waals surface area contributed by atoms with Gasteiger partial charge in [-0.05, 0) is 66.6 Å². The largest absolute Gasteiger partial charge is 0.381 e. The molecule has 1 fully saturated rings. The fraction of sp³-hybridized carbons (Fsp3) is 0.571. The summed E-state index contributed by atoms with van der Waals surface area (Å²) >= 11 is 8.32. The van der Waals surface area contributed by atoms with Gasteiger partial charge < -0.3 is 10.2 Å². The number of benzene rings is 1. The number of hydrogen-bond acceptors (Lipinski definition) is 2. The number of anilines is 1. The molecule has 1 N–H and O–H groups in total. The molecule has 0 radical (unpaired) electrons. The van der Waals surface area contributed by atoms with Crippen LogP contribution < -0.4 is 5.32 Å². The van der Waals surface area contributed by atoms with Crippen molar-refractivity contribution in [3.8, 4) is 0 Å². The number of halogens is 2. The van der Waals surface area contributed by atoms with Gasteiger partial charge >= 0.3 is 0 Å². The smallest absolute Gasteiger partial charge is 0.0479 e. The minimum atomic E-state index is 0.604. The molecule has 100 valence electrons. The predicted octanol–water partition coefficient (Wildman–Crippen LogP) is 4.23. The van der Waals surface area contributed by atoms with Gasteiger partial charge in [0.2, 0.25) is 0 Å². The van der Waals surface area contributed by atoms with Crippen molar-refractivity contribution in [2.75, 3.05) is 25.0 Å². The Kier molecular flexibility index (Phi) is 5.57. The molecule has 1 aromatic carbocycles. The lowest BCUT2D eigenvalue weighted by atomic mass is 10.0. The van der Waals surface area contributed by atoms with Gasteiger partial charge in [-0.15, -0.1) is 0 Å². The Morgan fingerprint density at radius 3 is 2.72 bits per heavy atom. The Morgan fingerprint density at radius 2 is 2.11 bits per heavy atom. The molecule has 2 nitrogen and oxygen atoms in total. The molecule has 1 aliphatic heterocycles. The lowest BCUT2D eigenvalue weighted by Crippen LogP contribution is -2.39. The van der Waals surface area contributed by atoms with Crippen LogP contribution in [-0.2, 0) is 0 Å². The van der Waals surface area contributed by atoms with E-state index in [-0.39, 0.29) is 0 Å². The average Bonchev–Trinajstić information content (AvgIpc) is 2.35. The molecule has 0 aliphatic carbocycles. The summed E-state index contributed by atoms with van der Waals surface area (Å²) in [7, 11) is 0. The molecule has 1 aromatic rings. The van der Waals surface area contributed by atoms with Gasteiger partial charge in [0.1, 0.15) is 0 Å². The van der Waals surface area contributed by atoms with Gasteiger partial charge in [-0.25, -0.2) is 0 Å². The Hall–Kier alpha value is -0.000000000000000111. The number of nitrogens with zero attached hydrogens (tertiary/aromatic N) is 1. The van der Waals surface area contributed by atoms with Crippen molar-refractivity contribution in [1.29, 1.82) is 0 Å². The van der Waals surface area contributed by atoms with E-state index in [2.05, 4.69) is 45.8 Å². The average molecular weight is 379 g/mol. The fourth-order valence-corrected chi connectivity index (χ4v) is 3.47. The summed E-state index contributed by atoms with van der Waals surface area (Å²) in [6.45, 7) is 5.93. The van der Waals surface area contributed by atoms with Gasteiger partial charge in [0, 0.05) is 33.4 Å². The molecule has 0 spiro atoms. The van der Waals surface area contributed by atoms with E-state index in [1.165, 1.54) is 48.2 Å². The van der Waals surface area contributed by atoms with E-state index in [4.69, 9.17) is 11.6 Å². The van der Waals surface area contributed by atoms with E-state index >= 15 is 0 Å². The van der Waals surface area contributed by atoms with Crippen LogP contribution in [-0.4, -0.2) is 30.6 Å². The predicted molar refractivity (Wildman–Crippen MR) is 87.5 cm³/mol. The van der Waals surface area contributed by atoms with Crippen LogP contribution in [0.25, 0.3) is 0 Å². The van der Waals surface area contributed by atoms with Gasteiger partial charge in [0.05, 0.1) is 0 Å². The standard InChI is InChI=1S/C14H20ClIN2/c1-2-7-18-8-5-12(6-9-18)17-14-4-3-11(15)10-13(14)16/h3-4,10,12,17H,2,5-9H2,1H3. The summed E-state index contributed by atoms with van der Waals surface area (Å²) in [6.07, 6.45) is 3.73. The van der Waals surface area contributed by atoms with Crippen LogP contribution >= 0.6 is 34.2 Å². The molecule has 1 aliphatic rings. The lowest BCUT2D eigenvalue weighted by Gasteiger charge is -2.32. The number of piperidine rings is 1. The van der Waals surface area contributed by atoms with Gasteiger partial charge in [-0.2, -0.15) is 0 Å². The molecule has 0 aromatic heterocycles. The third kappa shape index (κ3) is 4.00. The second-order valence-electron chi connectivity index (χ2n) is 4.88. The summed E-state index contributed by atoms with van der Waals surface area (Å²) in [4.78, 5) is 2.56. The first kappa shape index (κ1) is 14.4. The van der Waals surface area contributed by atoms with Gasteiger partial charge in [-0.3, -0.25) is 0 Å². The molecule has 0 atom stereocenters. The summed E-state index contributed by atoms with van der Waals surface area (Å²) in [6, 6.07) is 6.66. The van der Waals surface area contributed by atoms with Crippen molar-refractivity contribution in [2.45, 2.75) is 32.2 Å². The highest BCUT2D eigenvalue weighted by molar-refractivity contribution is 14.1. The molecule has 1 saturated heterocycles. The van der Waals surface area contributed by atoms with Crippen LogP contribution in [0.3, 0.4) is 0 Å². The second-order valence-corrected chi connectivity index (χ2v) is 6.48. The normalized spacial score (nSPS) is 17.9. The highest BCUT2D eigenvalue weighted by Crippen LogP contribution is 2.24. The molecular formula is C14H20ClIN2. The number of nitrogens with one attached hydrogen (secondary N) is 1. The lowest BCUT2D eigenvalue weighted by molar-refractivity contribution is 0.219. The van der Waals surface area contributed by atoms with Crippen molar-refractivity contribution >= 4 is 39.9 Å². The molecule has 1 heterocycles. The molecule has 0 amide bonds. The van der Waals surface area contributed by atoms with E-state index in [0.717, 1.165) is 5.02 Å². The first-order valence-electron chi connectivity index (χ1n) is 6.63. The van der Waals surface area contributed by atoms with E-state index in [1.807, 2.05) is 12.1 Å². The topological polar surface area (TPSA) is 15.3 Å². The molecular weight excluding hydrogens is 359 g/mol. The maximum atomic E-state index is 5.97. The van der Waals surface area contributed by atoms with Gasteiger partial charge in [0.15, 0.2) is 0 Å². The molecule has 4 heteroatoms. The van der Waals surface area contributed by atoms with E-state index in [1.54, 1.807) is 0 Å². The zero-order chi connectivity index (χ0) is 13.0. The van der Waals surface area contributed by atoms with Crippen LogP contribution in [0.4, 0.5) is 5.69 Å². The minimum Gasteiger partial charge on any atom is -0.381 e. The summed E-state index contributed by atoms with van der Waals surface area (Å²) < 4.78 is 1.20. The maximum absolute atomic E-state index is 5.97. The van der Waals surface area contributed by atoms with Crippen LogP contribution in [0.15, 0.2) is 18.2 Å². The SMILES string of the molecule is CCCN1CCC(Nc2ccc(Cl)cc2I)CC1. The first-order valence-corrected chi connectivity index (χ1v) is 8.08. The monoisotopic (exact) mass is 378 g/mol. The molecule has 0 saturated carbocycles. The zero-order valence-corrected chi connectivity index (χ0v) is 13.7. The van der Waals surface area contributed by atoms with E-state index < -0.39 is 0 Å². The van der Waals surface area contributed by atoms with Gasteiger partial charge in [-0.1, -0.05) is 18.5 Å². The molecule has 0 unspecified atom stereocenters. The summed E-state index contributed by atoms with van der Waals surface area (Å²) in [5.41, 5.74) is 1.22. The fourth-order valence-electron chi connectivity index (χ4n) is 2.44.